The number of likely N-dealkylation sites (tertiary alicyclic amines) is 1. The van der Waals surface area contributed by atoms with Crippen molar-refractivity contribution < 1.29 is 0 Å². The topological polar surface area (TPSA) is 58.1 Å². The minimum absolute atomic E-state index is 0.0330. The number of aryl methyl sites for hydroxylation is 1. The fourth-order valence-electron chi connectivity index (χ4n) is 3.12. The molecule has 1 aromatic heterocycles. The molecule has 3 rings (SSSR count). The van der Waals surface area contributed by atoms with Crippen molar-refractivity contribution >= 4 is 10.9 Å². The molecule has 2 heterocycles. The number of hydrogen-bond acceptors (Lipinski definition) is 3. The Morgan fingerprint density at radius 1 is 1.29 bits per heavy atom. The molecule has 0 amide bonds. The lowest BCUT2D eigenvalue weighted by Gasteiger charge is -2.20. The van der Waals surface area contributed by atoms with E-state index in [0.29, 0.717) is 16.9 Å². The molecule has 0 bridgehead atoms. The third-order valence-electron chi connectivity index (χ3n) is 4.37. The lowest BCUT2D eigenvalue weighted by atomic mass is 10.1. The highest BCUT2D eigenvalue weighted by Gasteiger charge is 2.27. The molecule has 0 aliphatic carbocycles. The smallest absolute Gasteiger partial charge is 0.307 e. The van der Waals surface area contributed by atoms with Crippen molar-refractivity contribution in [1.82, 2.24) is 14.5 Å². The van der Waals surface area contributed by atoms with Gasteiger partial charge in [-0.05, 0) is 44.9 Å². The summed E-state index contributed by atoms with van der Waals surface area (Å²) < 4.78 is 1.40. The van der Waals surface area contributed by atoms with Gasteiger partial charge in [0.15, 0.2) is 0 Å². The first kappa shape index (κ1) is 14.1. The van der Waals surface area contributed by atoms with E-state index in [9.17, 15) is 9.59 Å². The summed E-state index contributed by atoms with van der Waals surface area (Å²) in [5, 5.41) is 0.586. The monoisotopic (exact) mass is 287 g/mol. The maximum Gasteiger partial charge on any atom is 0.329 e. The molecule has 0 spiro atoms. The molecule has 1 saturated heterocycles. The number of hydrogen-bond donors (Lipinski definition) is 1. The largest absolute Gasteiger partial charge is 0.329 e. The van der Waals surface area contributed by atoms with Crippen LogP contribution >= 0.6 is 0 Å². The van der Waals surface area contributed by atoms with E-state index in [-0.39, 0.29) is 17.3 Å². The molecule has 0 saturated carbocycles. The van der Waals surface area contributed by atoms with Gasteiger partial charge in [0, 0.05) is 19.1 Å². The Morgan fingerprint density at radius 2 is 2.05 bits per heavy atom. The van der Waals surface area contributed by atoms with Gasteiger partial charge < -0.3 is 4.98 Å². The molecule has 5 heteroatoms. The van der Waals surface area contributed by atoms with Gasteiger partial charge in [-0.1, -0.05) is 6.07 Å². The Balaban J connectivity index is 2.10. The molecular weight excluding hydrogens is 266 g/mol. The highest BCUT2D eigenvalue weighted by atomic mass is 16.2. The summed E-state index contributed by atoms with van der Waals surface area (Å²) in [5.74, 6) is 0. The van der Waals surface area contributed by atoms with Gasteiger partial charge in [-0.2, -0.15) is 0 Å². The summed E-state index contributed by atoms with van der Waals surface area (Å²) in [6.45, 7) is 7.91. The fraction of sp³-hybridized carbons (Fsp3) is 0.500. The van der Waals surface area contributed by atoms with Crippen molar-refractivity contribution in [3.63, 3.8) is 0 Å². The number of aromatic amines is 1. The highest BCUT2D eigenvalue weighted by molar-refractivity contribution is 5.77. The Hall–Kier alpha value is -1.88. The number of aromatic nitrogens is 2. The summed E-state index contributed by atoms with van der Waals surface area (Å²) in [5.41, 5.74) is 1.18. The van der Waals surface area contributed by atoms with E-state index in [1.54, 1.807) is 6.07 Å². The van der Waals surface area contributed by atoms with E-state index in [2.05, 4.69) is 23.7 Å². The van der Waals surface area contributed by atoms with Crippen LogP contribution in [0.1, 0.15) is 31.9 Å². The van der Waals surface area contributed by atoms with Crippen LogP contribution in [0.3, 0.4) is 0 Å². The summed E-state index contributed by atoms with van der Waals surface area (Å²) >= 11 is 0. The molecule has 112 valence electrons. The molecule has 1 fully saturated rings. The number of benzene rings is 1. The normalized spacial score (nSPS) is 19.7. The predicted octanol–water partition coefficient (Wildman–Crippen LogP) is 1.65. The van der Waals surface area contributed by atoms with E-state index in [1.807, 2.05) is 19.1 Å². The maximum absolute atomic E-state index is 12.6. The molecule has 1 N–H and O–H groups in total. The summed E-state index contributed by atoms with van der Waals surface area (Å²) in [6.07, 6.45) is 0.846. The molecule has 5 nitrogen and oxygen atoms in total. The number of H-pyrrole nitrogens is 1. The number of nitrogens with zero attached hydrogens (tertiary/aromatic N) is 2. The predicted molar refractivity (Wildman–Crippen MR) is 83.9 cm³/mol. The molecule has 0 radical (unpaired) electrons. The summed E-state index contributed by atoms with van der Waals surface area (Å²) in [6, 6.07) is 5.95. The Labute approximate surface area is 123 Å². The minimum Gasteiger partial charge on any atom is -0.307 e. The van der Waals surface area contributed by atoms with Gasteiger partial charge in [-0.15, -0.1) is 0 Å². The van der Waals surface area contributed by atoms with Crippen LogP contribution in [-0.2, 0) is 0 Å². The SMILES string of the molecule is Cc1ccc2c(=O)n(C3CCN(C(C)C)C3)c(=O)[nH]c2c1. The van der Waals surface area contributed by atoms with Crippen molar-refractivity contribution in [2.75, 3.05) is 13.1 Å². The van der Waals surface area contributed by atoms with E-state index in [1.165, 1.54) is 4.57 Å². The van der Waals surface area contributed by atoms with Crippen molar-refractivity contribution in [2.24, 2.45) is 0 Å². The van der Waals surface area contributed by atoms with Crippen LogP contribution in [0.4, 0.5) is 0 Å². The summed E-state index contributed by atoms with van der Waals surface area (Å²) in [7, 11) is 0. The van der Waals surface area contributed by atoms with Crippen LogP contribution in [0.5, 0.6) is 0 Å². The van der Waals surface area contributed by atoms with Crippen LogP contribution in [-0.4, -0.2) is 33.6 Å². The zero-order chi connectivity index (χ0) is 15.1. The molecule has 1 atom stereocenters. The highest BCUT2D eigenvalue weighted by Crippen LogP contribution is 2.21. The van der Waals surface area contributed by atoms with Crippen molar-refractivity contribution in [1.29, 1.82) is 0 Å². The molecule has 1 aromatic carbocycles. The second-order valence-electron chi connectivity index (χ2n) is 6.19. The van der Waals surface area contributed by atoms with Crippen molar-refractivity contribution in [3.8, 4) is 0 Å². The molecule has 2 aromatic rings. The molecular formula is C16H21N3O2. The molecule has 1 aliphatic heterocycles. The van der Waals surface area contributed by atoms with Gasteiger partial charge in [-0.25, -0.2) is 4.79 Å². The number of rotatable bonds is 2. The Morgan fingerprint density at radius 3 is 2.71 bits per heavy atom. The van der Waals surface area contributed by atoms with Gasteiger partial charge >= 0.3 is 5.69 Å². The third-order valence-corrected chi connectivity index (χ3v) is 4.37. The maximum atomic E-state index is 12.6. The quantitative estimate of drug-likeness (QED) is 0.914. The first-order valence-electron chi connectivity index (χ1n) is 7.46. The van der Waals surface area contributed by atoms with Crippen LogP contribution in [0, 0.1) is 6.92 Å². The van der Waals surface area contributed by atoms with Gasteiger partial charge in [-0.3, -0.25) is 14.3 Å². The zero-order valence-electron chi connectivity index (χ0n) is 12.7. The second kappa shape index (κ2) is 5.15. The summed E-state index contributed by atoms with van der Waals surface area (Å²) in [4.78, 5) is 30.1. The van der Waals surface area contributed by atoms with Crippen molar-refractivity contribution in [2.45, 2.75) is 39.3 Å². The van der Waals surface area contributed by atoms with Gasteiger partial charge in [0.1, 0.15) is 0 Å². The third kappa shape index (κ3) is 2.42. The van der Waals surface area contributed by atoms with Gasteiger partial charge in [0.2, 0.25) is 0 Å². The van der Waals surface area contributed by atoms with E-state index >= 15 is 0 Å². The fourth-order valence-corrected chi connectivity index (χ4v) is 3.12. The average Bonchev–Trinajstić information content (AvgIpc) is 2.87. The molecule has 1 aliphatic rings. The zero-order valence-corrected chi connectivity index (χ0v) is 12.7. The van der Waals surface area contributed by atoms with Gasteiger partial charge in [0.05, 0.1) is 16.9 Å². The van der Waals surface area contributed by atoms with Gasteiger partial charge in [0.25, 0.3) is 5.56 Å². The Kier molecular flexibility index (Phi) is 3.45. The average molecular weight is 287 g/mol. The van der Waals surface area contributed by atoms with E-state index in [4.69, 9.17) is 0 Å². The number of fused-ring (bicyclic) bond motifs is 1. The van der Waals surface area contributed by atoms with E-state index in [0.717, 1.165) is 25.1 Å². The minimum atomic E-state index is -0.297. The van der Waals surface area contributed by atoms with Crippen LogP contribution in [0.25, 0.3) is 10.9 Å². The molecule has 1 unspecified atom stereocenters. The van der Waals surface area contributed by atoms with Crippen LogP contribution in [0.15, 0.2) is 27.8 Å². The standard InChI is InChI=1S/C16H21N3O2/c1-10(2)18-7-6-12(9-18)19-15(20)13-5-4-11(3)8-14(13)17-16(19)21/h4-5,8,10,12H,6-7,9H2,1-3H3,(H,17,21). The molecule has 21 heavy (non-hydrogen) atoms. The Bertz CT molecular complexity index is 788. The van der Waals surface area contributed by atoms with E-state index < -0.39 is 0 Å². The van der Waals surface area contributed by atoms with Crippen LogP contribution in [0.2, 0.25) is 0 Å². The second-order valence-corrected chi connectivity index (χ2v) is 6.19. The first-order valence-corrected chi connectivity index (χ1v) is 7.46. The van der Waals surface area contributed by atoms with Crippen LogP contribution < -0.4 is 11.2 Å². The number of nitrogens with one attached hydrogen (secondary N) is 1. The van der Waals surface area contributed by atoms with Crippen molar-refractivity contribution in [3.05, 3.63) is 44.6 Å². The lowest BCUT2D eigenvalue weighted by molar-refractivity contribution is 0.263. The first-order chi connectivity index (χ1) is 9.97. The lowest BCUT2D eigenvalue weighted by Crippen LogP contribution is -2.39.